The molecule has 21 heavy (non-hydrogen) atoms. The number of aromatic nitrogens is 1. The van der Waals surface area contributed by atoms with Gasteiger partial charge in [-0.2, -0.15) is 0 Å². The van der Waals surface area contributed by atoms with Gasteiger partial charge >= 0.3 is 5.97 Å². The number of halogens is 1. The Morgan fingerprint density at radius 1 is 1.00 bits per heavy atom. The molecule has 0 amide bonds. The average molecular weight is 298 g/mol. The number of hydrogen-bond acceptors (Lipinski definition) is 3. The number of carbonyl (C=O) groups is 1. The second kappa shape index (κ2) is 5.94. The van der Waals surface area contributed by atoms with Crippen molar-refractivity contribution in [3.8, 4) is 0 Å². The number of carbonyl (C=O) groups excluding carboxylic acids is 1. The van der Waals surface area contributed by atoms with Gasteiger partial charge in [0.25, 0.3) is 0 Å². The molecule has 0 aliphatic carbocycles. The Balaban J connectivity index is 1.87. The average Bonchev–Trinajstić information content (AvgIpc) is 2.54. The highest BCUT2D eigenvalue weighted by Crippen LogP contribution is 2.25. The van der Waals surface area contributed by atoms with Crippen LogP contribution in [0.5, 0.6) is 0 Å². The van der Waals surface area contributed by atoms with Crippen LogP contribution >= 0.6 is 11.6 Å². The second-order valence-electron chi connectivity index (χ2n) is 4.56. The minimum atomic E-state index is -0.452. The van der Waals surface area contributed by atoms with Crippen molar-refractivity contribution in [1.82, 2.24) is 4.98 Å². The van der Waals surface area contributed by atoms with Crippen LogP contribution in [0.2, 0.25) is 5.02 Å². The lowest BCUT2D eigenvalue weighted by molar-refractivity contribution is 0.0468. The van der Waals surface area contributed by atoms with E-state index < -0.39 is 5.97 Å². The molecule has 1 aromatic heterocycles. The summed E-state index contributed by atoms with van der Waals surface area (Å²) in [5.74, 6) is -0.452. The largest absolute Gasteiger partial charge is 0.456 e. The van der Waals surface area contributed by atoms with Gasteiger partial charge < -0.3 is 4.74 Å². The minimum Gasteiger partial charge on any atom is -0.456 e. The number of hydrogen-bond donors (Lipinski definition) is 0. The van der Waals surface area contributed by atoms with Crippen molar-refractivity contribution < 1.29 is 9.53 Å². The Hall–Kier alpha value is -2.39. The Bertz CT molecular complexity index is 787. The van der Waals surface area contributed by atoms with Gasteiger partial charge in [0.05, 0.1) is 5.02 Å². The van der Waals surface area contributed by atoms with E-state index in [9.17, 15) is 4.79 Å². The molecule has 0 aliphatic rings. The minimum absolute atomic E-state index is 0.221. The molecule has 104 valence electrons. The summed E-state index contributed by atoms with van der Waals surface area (Å²) in [5, 5.41) is 2.01. The molecule has 0 spiro atoms. The number of fused-ring (bicyclic) bond motifs is 1. The maximum Gasteiger partial charge on any atom is 0.357 e. The van der Waals surface area contributed by atoms with Gasteiger partial charge in [-0.1, -0.05) is 66.2 Å². The van der Waals surface area contributed by atoms with Crippen LogP contribution < -0.4 is 0 Å². The molecule has 0 radical (unpaired) electrons. The van der Waals surface area contributed by atoms with Crippen molar-refractivity contribution >= 4 is 28.3 Å². The van der Waals surface area contributed by atoms with Crippen LogP contribution in [0.1, 0.15) is 16.1 Å². The van der Waals surface area contributed by atoms with E-state index >= 15 is 0 Å². The summed E-state index contributed by atoms with van der Waals surface area (Å²) in [7, 11) is 0. The molecule has 3 nitrogen and oxygen atoms in total. The smallest absolute Gasteiger partial charge is 0.357 e. The van der Waals surface area contributed by atoms with Crippen molar-refractivity contribution in [3.05, 3.63) is 77.1 Å². The summed E-state index contributed by atoms with van der Waals surface area (Å²) >= 11 is 6.09. The highest BCUT2D eigenvalue weighted by Gasteiger charge is 2.14. The van der Waals surface area contributed by atoms with Gasteiger partial charge in [0.15, 0.2) is 5.69 Å². The van der Waals surface area contributed by atoms with E-state index in [1.54, 1.807) is 0 Å². The van der Waals surface area contributed by atoms with E-state index in [0.29, 0.717) is 10.4 Å². The van der Waals surface area contributed by atoms with E-state index in [1.165, 1.54) is 6.20 Å². The lowest BCUT2D eigenvalue weighted by atomic mass is 10.1. The highest BCUT2D eigenvalue weighted by molar-refractivity contribution is 6.35. The van der Waals surface area contributed by atoms with Crippen LogP contribution in [-0.4, -0.2) is 11.0 Å². The Labute approximate surface area is 127 Å². The summed E-state index contributed by atoms with van der Waals surface area (Å²) in [4.78, 5) is 16.3. The molecule has 4 heteroatoms. The van der Waals surface area contributed by atoms with Crippen molar-refractivity contribution in [1.29, 1.82) is 0 Å². The van der Waals surface area contributed by atoms with Gasteiger partial charge in [-0.15, -0.1) is 0 Å². The first kappa shape index (κ1) is 13.6. The molecule has 3 aromatic rings. The SMILES string of the molecule is O=C(OCc1ccccc1)c1ncc(Cl)c2ccccc12. The summed E-state index contributed by atoms with van der Waals surface area (Å²) < 4.78 is 5.32. The van der Waals surface area contributed by atoms with Crippen LogP contribution in [0.4, 0.5) is 0 Å². The van der Waals surface area contributed by atoms with E-state index in [-0.39, 0.29) is 12.3 Å². The molecule has 1 heterocycles. The number of esters is 1. The van der Waals surface area contributed by atoms with Crippen molar-refractivity contribution in [2.24, 2.45) is 0 Å². The molecule has 0 aliphatic heterocycles. The predicted octanol–water partition coefficient (Wildman–Crippen LogP) is 4.25. The Morgan fingerprint density at radius 2 is 1.67 bits per heavy atom. The van der Waals surface area contributed by atoms with Gasteiger partial charge in [-0.3, -0.25) is 0 Å². The van der Waals surface area contributed by atoms with Crippen LogP contribution in [0.15, 0.2) is 60.8 Å². The molecule has 2 aromatic carbocycles. The summed E-state index contributed by atoms with van der Waals surface area (Å²) in [6.45, 7) is 0.221. The van der Waals surface area contributed by atoms with Gasteiger partial charge in [-0.25, -0.2) is 9.78 Å². The molecule has 3 rings (SSSR count). The van der Waals surface area contributed by atoms with Crippen molar-refractivity contribution in [2.45, 2.75) is 6.61 Å². The zero-order valence-corrected chi connectivity index (χ0v) is 11.9. The quantitative estimate of drug-likeness (QED) is 0.679. The second-order valence-corrected chi connectivity index (χ2v) is 4.97. The first-order valence-corrected chi connectivity index (χ1v) is 6.88. The third-order valence-electron chi connectivity index (χ3n) is 3.15. The van der Waals surface area contributed by atoms with Crippen LogP contribution in [-0.2, 0) is 11.3 Å². The first-order valence-electron chi connectivity index (χ1n) is 6.50. The molecule has 0 fully saturated rings. The van der Waals surface area contributed by atoms with Gasteiger partial charge in [0.2, 0.25) is 0 Å². The van der Waals surface area contributed by atoms with Crippen LogP contribution in [0, 0.1) is 0 Å². The monoisotopic (exact) mass is 297 g/mol. The molecule has 0 saturated carbocycles. The highest BCUT2D eigenvalue weighted by atomic mass is 35.5. The fourth-order valence-corrected chi connectivity index (χ4v) is 2.33. The van der Waals surface area contributed by atoms with Crippen molar-refractivity contribution in [2.75, 3.05) is 0 Å². The fourth-order valence-electron chi connectivity index (χ4n) is 2.11. The molecule has 0 saturated heterocycles. The molecule has 0 atom stereocenters. The summed E-state index contributed by atoms with van der Waals surface area (Å²) in [6.07, 6.45) is 1.48. The molecular weight excluding hydrogens is 286 g/mol. The third kappa shape index (κ3) is 2.88. The van der Waals surface area contributed by atoms with E-state index in [4.69, 9.17) is 16.3 Å². The van der Waals surface area contributed by atoms with E-state index in [0.717, 1.165) is 10.9 Å². The van der Waals surface area contributed by atoms with Crippen LogP contribution in [0.3, 0.4) is 0 Å². The van der Waals surface area contributed by atoms with Crippen molar-refractivity contribution in [3.63, 3.8) is 0 Å². The molecule has 0 N–H and O–H groups in total. The molecular formula is C17H12ClNO2. The lowest BCUT2D eigenvalue weighted by Crippen LogP contribution is -2.08. The lowest BCUT2D eigenvalue weighted by Gasteiger charge is -2.07. The van der Waals surface area contributed by atoms with Gasteiger partial charge in [-0.05, 0) is 5.56 Å². The number of pyridine rings is 1. The summed E-state index contributed by atoms with van der Waals surface area (Å²) in [6, 6.07) is 16.9. The zero-order valence-electron chi connectivity index (χ0n) is 11.1. The van der Waals surface area contributed by atoms with Crippen LogP contribution in [0.25, 0.3) is 10.8 Å². The number of benzene rings is 2. The standard InChI is InChI=1S/C17H12ClNO2/c18-15-10-19-16(14-9-5-4-8-13(14)15)17(20)21-11-12-6-2-1-3-7-12/h1-10H,11H2. The summed E-state index contributed by atoms with van der Waals surface area (Å²) in [5.41, 5.74) is 1.22. The number of nitrogens with zero attached hydrogens (tertiary/aromatic N) is 1. The van der Waals surface area contributed by atoms with Gasteiger partial charge in [0.1, 0.15) is 6.61 Å². The fraction of sp³-hybridized carbons (Fsp3) is 0.0588. The Kier molecular flexibility index (Phi) is 3.84. The maximum atomic E-state index is 12.2. The normalized spacial score (nSPS) is 10.5. The van der Waals surface area contributed by atoms with E-state index in [1.807, 2.05) is 54.6 Å². The number of ether oxygens (including phenoxy) is 1. The maximum absolute atomic E-state index is 12.2. The zero-order chi connectivity index (χ0) is 14.7. The molecule has 0 unspecified atom stereocenters. The van der Waals surface area contributed by atoms with Gasteiger partial charge in [0, 0.05) is 17.0 Å². The van der Waals surface area contributed by atoms with E-state index in [2.05, 4.69) is 4.98 Å². The number of rotatable bonds is 3. The topological polar surface area (TPSA) is 39.2 Å². The molecule has 0 bridgehead atoms. The third-order valence-corrected chi connectivity index (χ3v) is 3.45. The predicted molar refractivity (Wildman–Crippen MR) is 82.3 cm³/mol. The first-order chi connectivity index (χ1) is 10.3. The Morgan fingerprint density at radius 3 is 2.43 bits per heavy atom.